The molecule has 1 saturated heterocycles. The van der Waals surface area contributed by atoms with Gasteiger partial charge in [0.1, 0.15) is 5.69 Å². The smallest absolute Gasteiger partial charge is 0.275 e. The van der Waals surface area contributed by atoms with Crippen molar-refractivity contribution < 1.29 is 19.1 Å². The first kappa shape index (κ1) is 16.4. The number of halogens is 1. The van der Waals surface area contributed by atoms with Gasteiger partial charge in [-0.05, 0) is 25.3 Å². The van der Waals surface area contributed by atoms with Gasteiger partial charge < -0.3 is 15.3 Å². The van der Waals surface area contributed by atoms with Crippen molar-refractivity contribution in [1.29, 1.82) is 0 Å². The number of aromatic hydroxyl groups is 1. The highest BCUT2D eigenvalue weighted by atomic mass is 32.1. The third kappa shape index (κ3) is 3.38. The normalized spacial score (nSPS) is 14.5. The van der Waals surface area contributed by atoms with E-state index in [1.54, 1.807) is 5.38 Å². The highest BCUT2D eigenvalue weighted by Gasteiger charge is 2.18. The highest BCUT2D eigenvalue weighted by molar-refractivity contribution is 7.14. The molecule has 1 aliphatic rings. The van der Waals surface area contributed by atoms with Gasteiger partial charge in [0.15, 0.2) is 23.0 Å². The molecular weight excluding hydrogens is 333 g/mol. The van der Waals surface area contributed by atoms with Crippen LogP contribution in [-0.4, -0.2) is 35.4 Å². The summed E-state index contributed by atoms with van der Waals surface area (Å²) in [6.07, 6.45) is 3.76. The molecule has 0 atom stereocenters. The third-order valence-electron chi connectivity index (χ3n) is 3.83. The van der Waals surface area contributed by atoms with Crippen molar-refractivity contribution in [2.75, 3.05) is 23.3 Å². The lowest BCUT2D eigenvalue weighted by Gasteiger charge is -2.25. The average Bonchev–Trinajstić information content (AvgIpc) is 3.09. The number of hydrogen-bond acceptors (Lipinski definition) is 6. The molecule has 0 radical (unpaired) electrons. The zero-order valence-electron chi connectivity index (χ0n) is 12.8. The van der Waals surface area contributed by atoms with Crippen LogP contribution in [0.1, 0.15) is 40.1 Å². The van der Waals surface area contributed by atoms with Gasteiger partial charge >= 0.3 is 0 Å². The van der Waals surface area contributed by atoms with Gasteiger partial charge in [0.05, 0.1) is 5.56 Å². The van der Waals surface area contributed by atoms with Crippen LogP contribution in [0, 0.1) is 5.82 Å². The molecule has 1 aliphatic heterocycles. The number of aldehydes is 1. The van der Waals surface area contributed by atoms with Crippen LogP contribution in [0.15, 0.2) is 17.5 Å². The van der Waals surface area contributed by atoms with Crippen molar-refractivity contribution in [3.05, 3.63) is 34.6 Å². The van der Waals surface area contributed by atoms with Crippen LogP contribution >= 0.6 is 11.3 Å². The number of aromatic nitrogens is 1. The Morgan fingerprint density at radius 2 is 2.08 bits per heavy atom. The van der Waals surface area contributed by atoms with Crippen molar-refractivity contribution in [3.8, 4) is 5.75 Å². The number of rotatable bonds is 4. The van der Waals surface area contributed by atoms with Gasteiger partial charge in [-0.25, -0.2) is 9.37 Å². The maximum absolute atomic E-state index is 13.5. The summed E-state index contributed by atoms with van der Waals surface area (Å²) in [5.41, 5.74) is 0.101. The topological polar surface area (TPSA) is 82.5 Å². The molecule has 1 amide bonds. The first-order chi connectivity index (χ1) is 11.6. The molecule has 24 heavy (non-hydrogen) atoms. The first-order valence-electron chi connectivity index (χ1n) is 7.58. The zero-order chi connectivity index (χ0) is 17.1. The summed E-state index contributed by atoms with van der Waals surface area (Å²) < 4.78 is 13.5. The van der Waals surface area contributed by atoms with E-state index in [1.807, 2.05) is 0 Å². The molecular formula is C16H16FN3O3S. The Bertz CT molecular complexity index is 772. The number of carbonyl (C=O) groups is 2. The number of anilines is 2. The number of thiazole rings is 1. The molecule has 2 N–H and O–H groups in total. The summed E-state index contributed by atoms with van der Waals surface area (Å²) in [4.78, 5) is 29.5. The van der Waals surface area contributed by atoms with Crippen LogP contribution in [0.4, 0.5) is 15.2 Å². The fraction of sp³-hybridized carbons (Fsp3) is 0.312. The molecule has 0 saturated carbocycles. The number of phenols is 1. The summed E-state index contributed by atoms with van der Waals surface area (Å²) in [6, 6.07) is 2.17. The van der Waals surface area contributed by atoms with Crippen LogP contribution in [0.3, 0.4) is 0 Å². The Morgan fingerprint density at radius 3 is 2.79 bits per heavy atom. The molecule has 1 aromatic heterocycles. The number of phenolic OH excluding ortho intramolecular Hbond substituents is 1. The van der Waals surface area contributed by atoms with Crippen molar-refractivity contribution in [1.82, 2.24) is 4.98 Å². The molecule has 6 nitrogen and oxygen atoms in total. The van der Waals surface area contributed by atoms with Crippen molar-refractivity contribution in [2.24, 2.45) is 0 Å². The maximum atomic E-state index is 13.5. The Kier molecular flexibility index (Phi) is 4.75. The second-order valence-electron chi connectivity index (χ2n) is 5.53. The van der Waals surface area contributed by atoms with E-state index < -0.39 is 17.5 Å². The fourth-order valence-electron chi connectivity index (χ4n) is 2.58. The SMILES string of the molecule is O=Cc1cc(NC(=O)c2csc(N3CCCCC3)n2)cc(F)c1O. The molecule has 2 heterocycles. The van der Waals surface area contributed by atoms with Crippen molar-refractivity contribution >= 4 is 34.3 Å². The molecule has 0 aliphatic carbocycles. The van der Waals surface area contributed by atoms with Crippen LogP contribution in [-0.2, 0) is 0 Å². The quantitative estimate of drug-likeness (QED) is 0.655. The van der Waals surface area contributed by atoms with Gasteiger partial charge in [0.2, 0.25) is 0 Å². The van der Waals surface area contributed by atoms with E-state index in [1.165, 1.54) is 23.8 Å². The van der Waals surface area contributed by atoms with Crippen LogP contribution in [0.5, 0.6) is 5.75 Å². The summed E-state index contributed by atoms with van der Waals surface area (Å²) in [5.74, 6) is -2.19. The molecule has 8 heteroatoms. The highest BCUT2D eigenvalue weighted by Crippen LogP contribution is 2.26. The first-order valence-corrected chi connectivity index (χ1v) is 8.46. The predicted molar refractivity (Wildman–Crippen MR) is 89.6 cm³/mol. The Morgan fingerprint density at radius 1 is 1.33 bits per heavy atom. The molecule has 1 aromatic carbocycles. The average molecular weight is 349 g/mol. The Hall–Kier alpha value is -2.48. The molecule has 0 bridgehead atoms. The van der Waals surface area contributed by atoms with Gasteiger partial charge in [-0.2, -0.15) is 0 Å². The number of nitrogens with one attached hydrogen (secondary N) is 1. The van der Waals surface area contributed by atoms with Crippen LogP contribution in [0.25, 0.3) is 0 Å². The number of carbonyl (C=O) groups excluding carboxylic acids is 2. The summed E-state index contributed by atoms with van der Waals surface area (Å²) in [5, 5.41) is 14.3. The van der Waals surface area contributed by atoms with Gasteiger partial charge in [0.25, 0.3) is 5.91 Å². The predicted octanol–water partition coefficient (Wildman–Crippen LogP) is 3.04. The minimum atomic E-state index is -0.970. The summed E-state index contributed by atoms with van der Waals surface area (Å²) in [6.45, 7) is 1.86. The molecule has 126 valence electrons. The lowest BCUT2D eigenvalue weighted by atomic mass is 10.1. The Labute approximate surface area is 141 Å². The molecule has 0 unspecified atom stereocenters. The van der Waals surface area contributed by atoms with Gasteiger partial charge in [-0.3, -0.25) is 9.59 Å². The number of nitrogens with zero attached hydrogens (tertiary/aromatic N) is 2. The van der Waals surface area contributed by atoms with E-state index in [2.05, 4.69) is 15.2 Å². The zero-order valence-corrected chi connectivity index (χ0v) is 13.6. The number of hydrogen-bond donors (Lipinski definition) is 2. The second-order valence-corrected chi connectivity index (χ2v) is 6.37. The van der Waals surface area contributed by atoms with Gasteiger partial charge in [-0.1, -0.05) is 0 Å². The van der Waals surface area contributed by atoms with Crippen LogP contribution in [0.2, 0.25) is 0 Å². The van der Waals surface area contributed by atoms with E-state index in [4.69, 9.17) is 0 Å². The van der Waals surface area contributed by atoms with E-state index in [0.717, 1.165) is 37.1 Å². The van der Waals surface area contributed by atoms with Crippen molar-refractivity contribution in [3.63, 3.8) is 0 Å². The van der Waals surface area contributed by atoms with E-state index >= 15 is 0 Å². The minimum Gasteiger partial charge on any atom is -0.504 e. The number of piperidine rings is 1. The maximum Gasteiger partial charge on any atom is 0.275 e. The van der Waals surface area contributed by atoms with E-state index in [9.17, 15) is 19.1 Å². The van der Waals surface area contributed by atoms with Gasteiger partial charge in [0, 0.05) is 30.2 Å². The number of amides is 1. The van der Waals surface area contributed by atoms with Crippen LogP contribution < -0.4 is 10.2 Å². The second kappa shape index (κ2) is 6.96. The molecule has 1 fully saturated rings. The monoisotopic (exact) mass is 349 g/mol. The summed E-state index contributed by atoms with van der Waals surface area (Å²) >= 11 is 1.39. The molecule has 3 rings (SSSR count). The largest absolute Gasteiger partial charge is 0.504 e. The molecule has 0 spiro atoms. The lowest BCUT2D eigenvalue weighted by molar-refractivity contribution is 0.102. The third-order valence-corrected chi connectivity index (χ3v) is 4.73. The Balaban J connectivity index is 1.74. The summed E-state index contributed by atoms with van der Waals surface area (Å²) in [7, 11) is 0. The number of benzene rings is 1. The van der Waals surface area contributed by atoms with E-state index in [0.29, 0.717) is 6.29 Å². The minimum absolute atomic E-state index is 0.0879. The fourth-order valence-corrected chi connectivity index (χ4v) is 3.44. The van der Waals surface area contributed by atoms with E-state index in [-0.39, 0.29) is 16.9 Å². The van der Waals surface area contributed by atoms with Crippen molar-refractivity contribution in [2.45, 2.75) is 19.3 Å². The van der Waals surface area contributed by atoms with Gasteiger partial charge in [-0.15, -0.1) is 11.3 Å². The lowest BCUT2D eigenvalue weighted by Crippen LogP contribution is -2.29. The standard InChI is InChI=1S/C16H16FN3O3S/c17-12-7-11(6-10(8-21)14(12)22)18-15(23)13-9-24-16(19-13)20-4-2-1-3-5-20/h6-9,22H,1-5H2,(H,18,23). The molecule has 2 aromatic rings.